The third-order valence-electron chi connectivity index (χ3n) is 5.30. The monoisotopic (exact) mass is 406 g/mol. The van der Waals surface area contributed by atoms with Gasteiger partial charge < -0.3 is 18.8 Å². The molecule has 0 unspecified atom stereocenters. The van der Waals surface area contributed by atoms with Crippen LogP contribution in [-0.4, -0.2) is 36.1 Å². The van der Waals surface area contributed by atoms with Gasteiger partial charge in [-0.25, -0.2) is 4.98 Å². The minimum atomic E-state index is -0.148. The van der Waals surface area contributed by atoms with Crippen LogP contribution in [0.3, 0.4) is 0 Å². The number of nitrogens with zero attached hydrogens (tertiary/aromatic N) is 2. The van der Waals surface area contributed by atoms with Crippen LogP contribution < -0.4 is 9.47 Å². The van der Waals surface area contributed by atoms with Crippen LogP contribution in [0.15, 0.2) is 65.2 Å². The molecule has 1 fully saturated rings. The molecule has 0 aliphatic carbocycles. The van der Waals surface area contributed by atoms with E-state index in [9.17, 15) is 4.79 Å². The average Bonchev–Trinajstić information content (AvgIpc) is 3.26. The summed E-state index contributed by atoms with van der Waals surface area (Å²) < 4.78 is 17.0. The van der Waals surface area contributed by atoms with Crippen molar-refractivity contribution in [2.75, 3.05) is 20.3 Å². The molecular formula is C24H26N2O4. The van der Waals surface area contributed by atoms with Crippen LogP contribution in [0.2, 0.25) is 0 Å². The minimum absolute atomic E-state index is 0.0118. The van der Waals surface area contributed by atoms with Crippen LogP contribution in [0.4, 0.5) is 0 Å². The van der Waals surface area contributed by atoms with Gasteiger partial charge in [0.1, 0.15) is 23.3 Å². The van der Waals surface area contributed by atoms with Crippen LogP contribution in [0.5, 0.6) is 11.5 Å². The van der Waals surface area contributed by atoms with Crippen LogP contribution in [-0.2, 0) is 11.2 Å². The summed E-state index contributed by atoms with van der Waals surface area (Å²) in [5.41, 5.74) is 1.09. The van der Waals surface area contributed by atoms with E-state index < -0.39 is 0 Å². The van der Waals surface area contributed by atoms with Crippen LogP contribution in [0.1, 0.15) is 42.5 Å². The molecule has 0 spiro atoms. The molecule has 2 aromatic carbocycles. The number of hydrogen-bond donors (Lipinski definition) is 0. The number of likely N-dealkylation sites (tertiary alicyclic amines) is 1. The Morgan fingerprint density at radius 2 is 1.97 bits per heavy atom. The van der Waals surface area contributed by atoms with Crippen LogP contribution in [0, 0.1) is 0 Å². The number of oxazole rings is 1. The lowest BCUT2D eigenvalue weighted by atomic mass is 10.0. The van der Waals surface area contributed by atoms with E-state index in [1.165, 1.54) is 0 Å². The fourth-order valence-electron chi connectivity index (χ4n) is 3.77. The van der Waals surface area contributed by atoms with Crippen LogP contribution in [0.25, 0.3) is 0 Å². The molecule has 6 nitrogen and oxygen atoms in total. The Morgan fingerprint density at radius 1 is 1.13 bits per heavy atom. The van der Waals surface area contributed by atoms with Crippen molar-refractivity contribution in [3.8, 4) is 11.5 Å². The normalized spacial score (nSPS) is 16.3. The van der Waals surface area contributed by atoms with Gasteiger partial charge in [0.05, 0.1) is 13.3 Å². The fraction of sp³-hybridized carbons (Fsp3) is 0.333. The topological polar surface area (TPSA) is 64.8 Å². The lowest BCUT2D eigenvalue weighted by molar-refractivity contribution is -0.137. The summed E-state index contributed by atoms with van der Waals surface area (Å²) >= 11 is 0. The third kappa shape index (κ3) is 4.82. The predicted octanol–water partition coefficient (Wildman–Crippen LogP) is 4.41. The smallest absolute Gasteiger partial charge is 0.261 e. The van der Waals surface area contributed by atoms with E-state index in [2.05, 4.69) is 4.98 Å². The quantitative estimate of drug-likeness (QED) is 0.582. The summed E-state index contributed by atoms with van der Waals surface area (Å²) in [7, 11) is 1.65. The van der Waals surface area contributed by atoms with Crippen LogP contribution >= 0.6 is 0 Å². The predicted molar refractivity (Wildman–Crippen MR) is 113 cm³/mol. The Morgan fingerprint density at radius 3 is 2.80 bits per heavy atom. The van der Waals surface area contributed by atoms with Gasteiger partial charge in [-0.05, 0) is 49.1 Å². The first-order chi connectivity index (χ1) is 14.7. The molecule has 1 amide bonds. The molecule has 0 N–H and O–H groups in total. The Bertz CT molecular complexity index is 970. The zero-order valence-electron chi connectivity index (χ0n) is 17.1. The van der Waals surface area contributed by atoms with Crippen molar-refractivity contribution in [3.63, 3.8) is 0 Å². The molecule has 156 valence electrons. The highest BCUT2D eigenvalue weighted by atomic mass is 16.5. The van der Waals surface area contributed by atoms with E-state index in [0.29, 0.717) is 24.6 Å². The number of ether oxygens (including phenoxy) is 2. The number of hydrogen-bond acceptors (Lipinski definition) is 5. The van der Waals surface area contributed by atoms with Crippen molar-refractivity contribution in [1.82, 2.24) is 9.88 Å². The molecule has 6 heteroatoms. The zero-order chi connectivity index (χ0) is 20.8. The van der Waals surface area contributed by atoms with Crippen molar-refractivity contribution < 1.29 is 18.7 Å². The maximum atomic E-state index is 12.8. The number of carbonyl (C=O) groups excluding carboxylic acids is 1. The van der Waals surface area contributed by atoms with Gasteiger partial charge in [0.25, 0.3) is 5.91 Å². The van der Waals surface area contributed by atoms with Gasteiger partial charge in [-0.1, -0.05) is 30.3 Å². The van der Waals surface area contributed by atoms with E-state index in [4.69, 9.17) is 13.9 Å². The third-order valence-corrected chi connectivity index (χ3v) is 5.30. The van der Waals surface area contributed by atoms with Crippen molar-refractivity contribution in [1.29, 1.82) is 0 Å². The van der Waals surface area contributed by atoms with E-state index >= 15 is 0 Å². The van der Waals surface area contributed by atoms with Gasteiger partial charge in [0, 0.05) is 13.0 Å². The molecule has 1 aliphatic rings. The fourth-order valence-corrected chi connectivity index (χ4v) is 3.77. The van der Waals surface area contributed by atoms with E-state index in [1.54, 1.807) is 13.3 Å². The maximum Gasteiger partial charge on any atom is 0.261 e. The summed E-state index contributed by atoms with van der Waals surface area (Å²) in [6.07, 6.45) is 5.25. The maximum absolute atomic E-state index is 12.8. The van der Waals surface area contributed by atoms with Gasteiger partial charge in [-0.2, -0.15) is 0 Å². The van der Waals surface area contributed by atoms with Crippen molar-refractivity contribution in [3.05, 3.63) is 78.0 Å². The summed E-state index contributed by atoms with van der Waals surface area (Å²) in [6, 6.07) is 17.1. The molecule has 1 aliphatic heterocycles. The largest absolute Gasteiger partial charge is 0.497 e. The second kappa shape index (κ2) is 9.48. The van der Waals surface area contributed by atoms with E-state index in [-0.39, 0.29) is 18.6 Å². The summed E-state index contributed by atoms with van der Waals surface area (Å²) in [6.45, 7) is 0.702. The van der Waals surface area contributed by atoms with Gasteiger partial charge in [-0.3, -0.25) is 4.79 Å². The second-order valence-corrected chi connectivity index (χ2v) is 7.39. The van der Waals surface area contributed by atoms with Crippen molar-refractivity contribution in [2.45, 2.75) is 31.7 Å². The number of methoxy groups -OCH3 is 1. The van der Waals surface area contributed by atoms with Gasteiger partial charge in [0.15, 0.2) is 6.61 Å². The highest BCUT2D eigenvalue weighted by Gasteiger charge is 2.31. The first kappa shape index (κ1) is 20.0. The molecule has 3 aromatic rings. The molecule has 1 aromatic heterocycles. The van der Waals surface area contributed by atoms with Crippen molar-refractivity contribution >= 4 is 5.91 Å². The number of aromatic nitrogens is 1. The Kier molecular flexibility index (Phi) is 6.32. The minimum Gasteiger partial charge on any atom is -0.497 e. The molecule has 30 heavy (non-hydrogen) atoms. The molecular weight excluding hydrogens is 380 g/mol. The van der Waals surface area contributed by atoms with Crippen molar-refractivity contribution in [2.24, 2.45) is 0 Å². The number of para-hydroxylation sites is 1. The molecule has 0 bridgehead atoms. The number of carbonyl (C=O) groups is 1. The highest BCUT2D eigenvalue weighted by molar-refractivity contribution is 5.78. The van der Waals surface area contributed by atoms with Gasteiger partial charge >= 0.3 is 0 Å². The molecule has 1 saturated heterocycles. The van der Waals surface area contributed by atoms with E-state index in [1.807, 2.05) is 59.5 Å². The highest BCUT2D eigenvalue weighted by Crippen LogP contribution is 2.31. The molecule has 0 radical (unpaired) electrons. The first-order valence-electron chi connectivity index (χ1n) is 10.3. The lowest BCUT2D eigenvalue weighted by Crippen LogP contribution is -2.41. The van der Waals surface area contributed by atoms with Gasteiger partial charge in [-0.15, -0.1) is 0 Å². The van der Waals surface area contributed by atoms with E-state index in [0.717, 1.165) is 36.3 Å². The SMILES string of the molecule is COc1cccc(Cc2cnc([C@@H]3CCCCN3C(=O)COc3ccccc3)o2)c1. The molecule has 2 heterocycles. The zero-order valence-corrected chi connectivity index (χ0v) is 17.1. The average molecular weight is 406 g/mol. The number of piperidine rings is 1. The van der Waals surface area contributed by atoms with Gasteiger partial charge in [0.2, 0.25) is 5.89 Å². The molecule has 4 rings (SSSR count). The first-order valence-corrected chi connectivity index (χ1v) is 10.3. The number of benzene rings is 2. The Labute approximate surface area is 176 Å². The molecule has 1 atom stereocenters. The number of rotatable bonds is 7. The Hall–Kier alpha value is -3.28. The molecule has 0 saturated carbocycles. The lowest BCUT2D eigenvalue weighted by Gasteiger charge is -2.33. The number of amides is 1. The second-order valence-electron chi connectivity index (χ2n) is 7.39. The summed E-state index contributed by atoms with van der Waals surface area (Å²) in [5.74, 6) is 2.83. The Balaban J connectivity index is 1.43. The summed E-state index contributed by atoms with van der Waals surface area (Å²) in [5, 5.41) is 0. The summed E-state index contributed by atoms with van der Waals surface area (Å²) in [4.78, 5) is 19.2. The standard InChI is InChI=1S/C24H26N2O4/c1-28-20-11-7-8-18(14-20)15-21-16-25-24(30-21)22-12-5-6-13-26(22)23(27)17-29-19-9-3-2-4-10-19/h2-4,7-11,14,16,22H,5-6,12-13,15,17H2,1H3/t22-/m0/s1.